The number of halogens is 3. The molecule has 0 fully saturated rings. The molecule has 0 bridgehead atoms. The van der Waals surface area contributed by atoms with Gasteiger partial charge in [0.15, 0.2) is 0 Å². The molecule has 5 nitrogen and oxygen atoms in total. The number of carbonyl (C=O) groups excluding carboxylic acids is 1. The van der Waals surface area contributed by atoms with Crippen molar-refractivity contribution >= 4 is 5.91 Å². The van der Waals surface area contributed by atoms with Crippen LogP contribution in [0, 0.1) is 0 Å². The first kappa shape index (κ1) is 17.7. The maximum atomic E-state index is 12.6. The molecule has 2 heterocycles. The molecule has 0 spiro atoms. The van der Waals surface area contributed by atoms with E-state index in [1.807, 2.05) is 18.2 Å². The fourth-order valence-corrected chi connectivity index (χ4v) is 2.49. The van der Waals surface area contributed by atoms with Gasteiger partial charge in [0.25, 0.3) is 5.91 Å². The van der Waals surface area contributed by atoms with Crippen molar-refractivity contribution < 1.29 is 18.0 Å². The van der Waals surface area contributed by atoms with E-state index in [-0.39, 0.29) is 12.1 Å². The lowest BCUT2D eigenvalue weighted by Crippen LogP contribution is -2.23. The third kappa shape index (κ3) is 3.90. The molecule has 8 heteroatoms. The number of carbonyl (C=O) groups is 1. The quantitative estimate of drug-likeness (QED) is 0.775. The average Bonchev–Trinajstić information content (AvgIpc) is 3.00. The van der Waals surface area contributed by atoms with Gasteiger partial charge in [0.1, 0.15) is 0 Å². The molecule has 0 aliphatic carbocycles. The van der Waals surface area contributed by atoms with Crippen molar-refractivity contribution in [3.05, 3.63) is 71.7 Å². The van der Waals surface area contributed by atoms with Gasteiger partial charge in [-0.05, 0) is 42.5 Å². The molecule has 134 valence electrons. The predicted octanol–water partition coefficient (Wildman–Crippen LogP) is 3.43. The lowest BCUT2D eigenvalue weighted by molar-refractivity contribution is -0.137. The van der Waals surface area contributed by atoms with E-state index in [1.165, 1.54) is 0 Å². The lowest BCUT2D eigenvalue weighted by atomic mass is 10.1. The summed E-state index contributed by atoms with van der Waals surface area (Å²) in [6.07, 6.45) is -1.07. The maximum absolute atomic E-state index is 12.6. The van der Waals surface area contributed by atoms with Crippen LogP contribution in [0.3, 0.4) is 0 Å². The maximum Gasteiger partial charge on any atom is 0.416 e. The molecule has 26 heavy (non-hydrogen) atoms. The smallest absolute Gasteiger partial charge is 0.346 e. The highest BCUT2D eigenvalue weighted by Crippen LogP contribution is 2.29. The second-order valence-electron chi connectivity index (χ2n) is 5.64. The van der Waals surface area contributed by atoms with E-state index < -0.39 is 17.6 Å². The number of alkyl halides is 3. The first-order chi connectivity index (χ1) is 12.3. The zero-order chi connectivity index (χ0) is 18.7. The second-order valence-corrected chi connectivity index (χ2v) is 5.64. The van der Waals surface area contributed by atoms with Gasteiger partial charge in [-0.15, -0.1) is 0 Å². The Labute approximate surface area is 147 Å². The van der Waals surface area contributed by atoms with Crippen molar-refractivity contribution in [3.63, 3.8) is 0 Å². The molecule has 0 unspecified atom stereocenters. The monoisotopic (exact) mass is 360 g/mol. The number of aromatic nitrogens is 3. The normalized spacial score (nSPS) is 11.4. The number of aryl methyl sites for hydroxylation is 1. The van der Waals surface area contributed by atoms with E-state index in [0.29, 0.717) is 5.69 Å². The van der Waals surface area contributed by atoms with Crippen LogP contribution >= 0.6 is 0 Å². The molecule has 3 aromatic rings. The van der Waals surface area contributed by atoms with Gasteiger partial charge in [-0.2, -0.15) is 18.3 Å². The van der Waals surface area contributed by atoms with E-state index in [4.69, 9.17) is 0 Å². The summed E-state index contributed by atoms with van der Waals surface area (Å²) in [7, 11) is 1.79. The fourth-order valence-electron chi connectivity index (χ4n) is 2.49. The zero-order valence-electron chi connectivity index (χ0n) is 13.8. The summed E-state index contributed by atoms with van der Waals surface area (Å²) in [5.41, 5.74) is 1.81. The third-order valence-corrected chi connectivity index (χ3v) is 3.81. The first-order valence-electron chi connectivity index (χ1n) is 7.73. The molecule has 0 radical (unpaired) electrons. The number of nitrogens with zero attached hydrogens (tertiary/aromatic N) is 3. The highest BCUT2D eigenvalue weighted by molar-refractivity contribution is 5.94. The van der Waals surface area contributed by atoms with Gasteiger partial charge in [-0.25, -0.2) is 0 Å². The molecule has 3 rings (SSSR count). The van der Waals surface area contributed by atoms with Crippen molar-refractivity contribution in [2.45, 2.75) is 12.7 Å². The van der Waals surface area contributed by atoms with Crippen molar-refractivity contribution in [2.75, 3.05) is 0 Å². The number of pyridine rings is 1. The Morgan fingerprint density at radius 2 is 1.77 bits per heavy atom. The molecule has 0 aliphatic rings. The van der Waals surface area contributed by atoms with Crippen LogP contribution < -0.4 is 5.32 Å². The third-order valence-electron chi connectivity index (χ3n) is 3.81. The second kappa shape index (κ2) is 6.99. The van der Waals surface area contributed by atoms with Gasteiger partial charge in [-0.3, -0.25) is 14.5 Å². The summed E-state index contributed by atoms with van der Waals surface area (Å²) in [4.78, 5) is 16.1. The fraction of sp³-hybridized carbons (Fsp3) is 0.167. The number of hydrogen-bond acceptors (Lipinski definition) is 3. The SMILES string of the molecule is Cn1nc(CNC(=O)c2ccc(C(F)(F)F)cc2)cc1-c1ccncc1. The highest BCUT2D eigenvalue weighted by atomic mass is 19.4. The number of nitrogens with one attached hydrogen (secondary N) is 1. The Kier molecular flexibility index (Phi) is 4.75. The molecule has 0 aliphatic heterocycles. The number of benzene rings is 1. The molecule has 1 N–H and O–H groups in total. The summed E-state index contributed by atoms with van der Waals surface area (Å²) in [5, 5.41) is 6.99. The Morgan fingerprint density at radius 1 is 1.12 bits per heavy atom. The van der Waals surface area contributed by atoms with Gasteiger partial charge >= 0.3 is 6.18 Å². The number of hydrogen-bond donors (Lipinski definition) is 1. The van der Waals surface area contributed by atoms with Crippen LogP contribution in [-0.4, -0.2) is 20.7 Å². The van der Waals surface area contributed by atoms with E-state index in [2.05, 4.69) is 15.4 Å². The highest BCUT2D eigenvalue weighted by Gasteiger charge is 2.30. The van der Waals surface area contributed by atoms with Crippen LogP contribution in [0.5, 0.6) is 0 Å². The molecule has 0 saturated heterocycles. The minimum atomic E-state index is -4.42. The summed E-state index contributed by atoms with van der Waals surface area (Å²) in [5.74, 6) is -0.463. The van der Waals surface area contributed by atoms with Crippen LogP contribution in [0.25, 0.3) is 11.3 Å². The van der Waals surface area contributed by atoms with E-state index in [1.54, 1.807) is 24.1 Å². The summed E-state index contributed by atoms with van der Waals surface area (Å²) >= 11 is 0. The van der Waals surface area contributed by atoms with Gasteiger partial charge in [0, 0.05) is 30.6 Å². The minimum absolute atomic E-state index is 0.156. The summed E-state index contributed by atoms with van der Waals surface area (Å²) in [6.45, 7) is 0.165. The first-order valence-corrected chi connectivity index (χ1v) is 7.73. The predicted molar refractivity (Wildman–Crippen MR) is 89.1 cm³/mol. The van der Waals surface area contributed by atoms with Crippen LogP contribution in [0.2, 0.25) is 0 Å². The standard InChI is InChI=1S/C18H15F3N4O/c1-25-16(12-6-8-22-9-7-12)10-15(24-25)11-23-17(26)13-2-4-14(5-3-13)18(19,20)21/h2-10H,11H2,1H3,(H,23,26). The van der Waals surface area contributed by atoms with Crippen LogP contribution in [-0.2, 0) is 19.8 Å². The van der Waals surface area contributed by atoms with E-state index in [9.17, 15) is 18.0 Å². The topological polar surface area (TPSA) is 59.8 Å². The van der Waals surface area contributed by atoms with Crippen LogP contribution in [0.4, 0.5) is 13.2 Å². The van der Waals surface area contributed by atoms with E-state index in [0.717, 1.165) is 35.5 Å². The molecule has 0 saturated carbocycles. The molecule has 2 aromatic heterocycles. The molecular weight excluding hydrogens is 345 g/mol. The summed E-state index contributed by atoms with van der Waals surface area (Å²) < 4.78 is 39.4. The zero-order valence-corrected chi connectivity index (χ0v) is 13.8. The van der Waals surface area contributed by atoms with E-state index >= 15 is 0 Å². The van der Waals surface area contributed by atoms with Crippen molar-refractivity contribution in [1.29, 1.82) is 0 Å². The minimum Gasteiger partial charge on any atom is -0.346 e. The van der Waals surface area contributed by atoms with Crippen molar-refractivity contribution in [2.24, 2.45) is 7.05 Å². The van der Waals surface area contributed by atoms with Crippen LogP contribution in [0.1, 0.15) is 21.6 Å². The van der Waals surface area contributed by atoms with Crippen LogP contribution in [0.15, 0.2) is 54.9 Å². The van der Waals surface area contributed by atoms with Gasteiger partial charge in [0.2, 0.25) is 0 Å². The molecule has 0 atom stereocenters. The van der Waals surface area contributed by atoms with Gasteiger partial charge in [-0.1, -0.05) is 0 Å². The number of rotatable bonds is 4. The van der Waals surface area contributed by atoms with Gasteiger partial charge in [0.05, 0.1) is 23.5 Å². The average molecular weight is 360 g/mol. The molecule has 1 amide bonds. The Hall–Kier alpha value is -3.16. The van der Waals surface area contributed by atoms with Crippen molar-refractivity contribution in [3.8, 4) is 11.3 Å². The van der Waals surface area contributed by atoms with Crippen molar-refractivity contribution in [1.82, 2.24) is 20.1 Å². The lowest BCUT2D eigenvalue weighted by Gasteiger charge is -2.07. The Morgan fingerprint density at radius 3 is 2.38 bits per heavy atom. The molecule has 1 aromatic carbocycles. The Bertz CT molecular complexity index is 902. The Balaban J connectivity index is 1.67. The molecular formula is C18H15F3N4O. The number of amides is 1. The largest absolute Gasteiger partial charge is 0.416 e. The van der Waals surface area contributed by atoms with Gasteiger partial charge < -0.3 is 5.32 Å². The summed E-state index contributed by atoms with van der Waals surface area (Å²) in [6, 6.07) is 9.61.